The molecule has 0 bridgehead atoms. The van der Waals surface area contributed by atoms with Gasteiger partial charge in [-0.25, -0.2) is 8.78 Å². The number of hydrogen-bond donors (Lipinski definition) is 1. The first kappa shape index (κ1) is 17.1. The molecule has 7 heteroatoms. The van der Waals surface area contributed by atoms with Crippen molar-refractivity contribution in [3.8, 4) is 0 Å². The lowest BCUT2D eigenvalue weighted by molar-refractivity contribution is -0.118. The van der Waals surface area contributed by atoms with Crippen molar-refractivity contribution >= 4 is 40.9 Å². The van der Waals surface area contributed by atoms with Crippen LogP contribution in [0.5, 0.6) is 0 Å². The summed E-state index contributed by atoms with van der Waals surface area (Å²) >= 11 is 12.9. The molecule has 2 aromatic rings. The van der Waals surface area contributed by atoms with Crippen molar-refractivity contribution < 1.29 is 13.6 Å². The Labute approximate surface area is 140 Å². The normalized spacial score (nSPS) is 10.5. The van der Waals surface area contributed by atoms with Gasteiger partial charge in [0.25, 0.3) is 0 Å². The highest BCUT2D eigenvalue weighted by Gasteiger charge is 2.07. The standard InChI is InChI=1S/C15H11Cl2F2NOS/c16-10-2-1-9(12(17)5-10)7-20-15(21)8-22-11-3-4-13(18)14(19)6-11/h1-6H,7-8H2,(H,20,21). The fourth-order valence-electron chi connectivity index (χ4n) is 1.63. The Hall–Kier alpha value is -1.30. The second-order valence-corrected chi connectivity index (χ2v) is 6.27. The molecule has 0 aliphatic rings. The Morgan fingerprint density at radius 1 is 1.09 bits per heavy atom. The van der Waals surface area contributed by atoms with Crippen molar-refractivity contribution in [2.75, 3.05) is 5.75 Å². The molecule has 2 nitrogen and oxygen atoms in total. The Morgan fingerprint density at radius 2 is 1.86 bits per heavy atom. The molecule has 0 spiro atoms. The predicted molar refractivity (Wildman–Crippen MR) is 85.4 cm³/mol. The number of hydrogen-bond acceptors (Lipinski definition) is 2. The van der Waals surface area contributed by atoms with Gasteiger partial charge in [0.1, 0.15) is 0 Å². The summed E-state index contributed by atoms with van der Waals surface area (Å²) in [4.78, 5) is 12.2. The number of halogens is 4. The maximum absolute atomic E-state index is 13.0. The third-order valence-electron chi connectivity index (χ3n) is 2.75. The van der Waals surface area contributed by atoms with Crippen molar-refractivity contribution in [3.63, 3.8) is 0 Å². The van der Waals surface area contributed by atoms with E-state index in [-0.39, 0.29) is 18.2 Å². The van der Waals surface area contributed by atoms with Crippen LogP contribution in [0.1, 0.15) is 5.56 Å². The maximum Gasteiger partial charge on any atom is 0.230 e. The van der Waals surface area contributed by atoms with E-state index in [0.717, 1.165) is 29.5 Å². The average Bonchev–Trinajstić information content (AvgIpc) is 2.47. The molecule has 2 aromatic carbocycles. The predicted octanol–water partition coefficient (Wildman–Crippen LogP) is 4.68. The quantitative estimate of drug-likeness (QED) is 0.783. The van der Waals surface area contributed by atoms with E-state index in [9.17, 15) is 13.6 Å². The van der Waals surface area contributed by atoms with E-state index in [1.54, 1.807) is 18.2 Å². The van der Waals surface area contributed by atoms with Gasteiger partial charge in [-0.05, 0) is 35.9 Å². The summed E-state index contributed by atoms with van der Waals surface area (Å²) in [5.41, 5.74) is 0.747. The molecule has 1 amide bonds. The summed E-state index contributed by atoms with van der Waals surface area (Å²) in [5, 5.41) is 3.70. The minimum atomic E-state index is -0.932. The Bertz CT molecular complexity index is 697. The van der Waals surface area contributed by atoms with E-state index in [1.807, 2.05) is 0 Å². The van der Waals surface area contributed by atoms with Crippen molar-refractivity contribution in [2.45, 2.75) is 11.4 Å². The molecular weight excluding hydrogens is 351 g/mol. The van der Waals surface area contributed by atoms with E-state index in [4.69, 9.17) is 23.2 Å². The molecule has 0 radical (unpaired) electrons. The molecule has 0 saturated carbocycles. The summed E-state index contributed by atoms with van der Waals surface area (Å²) in [6.07, 6.45) is 0. The number of amides is 1. The first-order valence-corrected chi connectivity index (χ1v) is 7.98. The molecule has 22 heavy (non-hydrogen) atoms. The molecule has 0 atom stereocenters. The number of carbonyl (C=O) groups excluding carboxylic acids is 1. The number of nitrogens with one attached hydrogen (secondary N) is 1. The molecule has 0 aromatic heterocycles. The highest BCUT2D eigenvalue weighted by Crippen LogP contribution is 2.22. The van der Waals surface area contributed by atoms with Gasteiger partial charge in [0, 0.05) is 21.5 Å². The molecular formula is C15H11Cl2F2NOS. The van der Waals surface area contributed by atoms with Crippen LogP contribution < -0.4 is 5.32 Å². The zero-order chi connectivity index (χ0) is 16.1. The van der Waals surface area contributed by atoms with E-state index in [1.165, 1.54) is 6.07 Å². The first-order valence-electron chi connectivity index (χ1n) is 6.24. The lowest BCUT2D eigenvalue weighted by atomic mass is 10.2. The minimum absolute atomic E-state index is 0.0935. The Balaban J connectivity index is 1.84. The largest absolute Gasteiger partial charge is 0.351 e. The van der Waals surface area contributed by atoms with Crippen molar-refractivity contribution in [3.05, 3.63) is 63.6 Å². The highest BCUT2D eigenvalue weighted by molar-refractivity contribution is 8.00. The van der Waals surface area contributed by atoms with Crippen LogP contribution in [0, 0.1) is 11.6 Å². The number of thioether (sulfide) groups is 1. The van der Waals surface area contributed by atoms with Crippen molar-refractivity contribution in [2.24, 2.45) is 0 Å². The van der Waals surface area contributed by atoms with E-state index in [0.29, 0.717) is 14.9 Å². The number of carbonyl (C=O) groups is 1. The fourth-order valence-corrected chi connectivity index (χ4v) is 2.85. The van der Waals surface area contributed by atoms with E-state index >= 15 is 0 Å². The molecule has 0 saturated heterocycles. The Morgan fingerprint density at radius 3 is 2.55 bits per heavy atom. The summed E-state index contributed by atoms with van der Waals surface area (Å²) < 4.78 is 25.8. The topological polar surface area (TPSA) is 29.1 Å². The molecule has 116 valence electrons. The second kappa shape index (κ2) is 7.81. The van der Waals surface area contributed by atoms with Gasteiger partial charge in [0.2, 0.25) is 5.91 Å². The molecule has 0 fully saturated rings. The van der Waals surface area contributed by atoms with Crippen LogP contribution in [0.2, 0.25) is 10.0 Å². The third-order valence-corrected chi connectivity index (χ3v) is 4.33. The smallest absolute Gasteiger partial charge is 0.230 e. The first-order chi connectivity index (χ1) is 10.5. The molecule has 2 rings (SSSR count). The molecule has 0 aliphatic carbocycles. The van der Waals surface area contributed by atoms with Crippen LogP contribution in [-0.4, -0.2) is 11.7 Å². The van der Waals surface area contributed by atoms with Crippen LogP contribution in [0.4, 0.5) is 8.78 Å². The van der Waals surface area contributed by atoms with E-state index in [2.05, 4.69) is 5.32 Å². The molecule has 1 N–H and O–H groups in total. The monoisotopic (exact) mass is 361 g/mol. The van der Waals surface area contributed by atoms with Gasteiger partial charge in [-0.2, -0.15) is 0 Å². The second-order valence-electron chi connectivity index (χ2n) is 4.38. The summed E-state index contributed by atoms with van der Waals surface area (Å²) in [6.45, 7) is 0.271. The average molecular weight is 362 g/mol. The SMILES string of the molecule is O=C(CSc1ccc(F)c(F)c1)NCc1ccc(Cl)cc1Cl. The van der Waals surface area contributed by atoms with Crippen LogP contribution in [0.15, 0.2) is 41.3 Å². The summed E-state index contributed by atoms with van der Waals surface area (Å²) in [7, 11) is 0. The summed E-state index contributed by atoms with van der Waals surface area (Å²) in [6, 6.07) is 8.53. The maximum atomic E-state index is 13.0. The lowest BCUT2D eigenvalue weighted by Gasteiger charge is -2.07. The van der Waals surface area contributed by atoms with Gasteiger partial charge >= 0.3 is 0 Å². The molecule has 0 unspecified atom stereocenters. The lowest BCUT2D eigenvalue weighted by Crippen LogP contribution is -2.24. The zero-order valence-electron chi connectivity index (χ0n) is 11.2. The Kier molecular flexibility index (Phi) is 6.06. The number of rotatable bonds is 5. The van der Waals surface area contributed by atoms with Crippen molar-refractivity contribution in [1.82, 2.24) is 5.32 Å². The zero-order valence-corrected chi connectivity index (χ0v) is 13.5. The van der Waals surface area contributed by atoms with Gasteiger partial charge in [0.15, 0.2) is 11.6 Å². The third kappa shape index (κ3) is 4.87. The number of benzene rings is 2. The minimum Gasteiger partial charge on any atom is -0.351 e. The van der Waals surface area contributed by atoms with Gasteiger partial charge in [-0.1, -0.05) is 29.3 Å². The van der Waals surface area contributed by atoms with Gasteiger partial charge in [-0.3, -0.25) is 4.79 Å². The van der Waals surface area contributed by atoms with Gasteiger partial charge < -0.3 is 5.32 Å². The molecule has 0 heterocycles. The fraction of sp³-hybridized carbons (Fsp3) is 0.133. The van der Waals surface area contributed by atoms with Crippen LogP contribution >= 0.6 is 35.0 Å². The van der Waals surface area contributed by atoms with Crippen LogP contribution in [-0.2, 0) is 11.3 Å². The molecule has 0 aliphatic heterocycles. The van der Waals surface area contributed by atoms with Gasteiger partial charge in [0.05, 0.1) is 5.75 Å². The van der Waals surface area contributed by atoms with Gasteiger partial charge in [-0.15, -0.1) is 11.8 Å². The summed E-state index contributed by atoms with van der Waals surface area (Å²) in [5.74, 6) is -1.98. The van der Waals surface area contributed by atoms with E-state index < -0.39 is 11.6 Å². The van der Waals surface area contributed by atoms with Crippen LogP contribution in [0.25, 0.3) is 0 Å². The highest BCUT2D eigenvalue weighted by atomic mass is 35.5. The van der Waals surface area contributed by atoms with Crippen LogP contribution in [0.3, 0.4) is 0 Å². The van der Waals surface area contributed by atoms with Crippen molar-refractivity contribution in [1.29, 1.82) is 0 Å².